The van der Waals surface area contributed by atoms with E-state index < -0.39 is 32.4 Å². The van der Waals surface area contributed by atoms with Gasteiger partial charge in [-0.1, -0.05) is 30.3 Å². The number of phosphoric acid groups is 1. The number of aliphatic hydroxyl groups is 1. The highest BCUT2D eigenvalue weighted by molar-refractivity contribution is 7.48. The summed E-state index contributed by atoms with van der Waals surface area (Å²) in [7, 11) is -3.86. The van der Waals surface area contributed by atoms with Crippen molar-refractivity contribution in [1.82, 2.24) is 19.5 Å². The van der Waals surface area contributed by atoms with Gasteiger partial charge in [0.25, 0.3) is 0 Å². The molecule has 2 aromatic heterocycles. The largest absolute Gasteiger partial charge is 0.475 e. The number of aliphatic hydroxyl groups excluding tert-OH is 1. The minimum Gasteiger partial charge on any atom is -0.386 e. The number of ether oxygens (including phenoxy) is 1. The Morgan fingerprint density at radius 3 is 2.93 bits per heavy atom. The average Bonchev–Trinajstić information content (AvgIpc) is 3.30. The molecule has 0 aliphatic carbocycles. The third kappa shape index (κ3) is 3.31. The van der Waals surface area contributed by atoms with Crippen molar-refractivity contribution in [3.8, 4) is 0 Å². The first-order chi connectivity index (χ1) is 14.0. The van der Waals surface area contributed by atoms with Crippen molar-refractivity contribution < 1.29 is 28.0 Å². The van der Waals surface area contributed by atoms with Crippen LogP contribution in [-0.2, 0) is 29.5 Å². The van der Waals surface area contributed by atoms with Crippen LogP contribution in [0.25, 0.3) is 11.2 Å². The summed E-state index contributed by atoms with van der Waals surface area (Å²) >= 11 is 0. The van der Waals surface area contributed by atoms with Crippen molar-refractivity contribution in [2.45, 2.75) is 31.1 Å². The smallest absolute Gasteiger partial charge is 0.386 e. The number of aromatic nitrogens is 4. The zero-order valence-electron chi connectivity index (χ0n) is 15.1. The number of rotatable bonds is 4. The molecule has 2 aliphatic rings. The molecule has 2 fully saturated rings. The Hall–Kier alpha value is -2.40. The molecule has 3 aromatic rings. The van der Waals surface area contributed by atoms with E-state index in [1.807, 2.05) is 30.3 Å². The van der Waals surface area contributed by atoms with Gasteiger partial charge in [0.05, 0.1) is 19.5 Å². The van der Waals surface area contributed by atoms with Crippen LogP contribution in [-0.4, -0.2) is 49.5 Å². The maximum absolute atomic E-state index is 12.9. The number of benzene rings is 1. The van der Waals surface area contributed by atoms with Crippen LogP contribution in [0.4, 0.5) is 5.82 Å². The normalized spacial score (nSPS) is 31.8. The van der Waals surface area contributed by atoms with E-state index in [0.717, 1.165) is 5.56 Å². The van der Waals surface area contributed by atoms with Gasteiger partial charge in [0.15, 0.2) is 17.7 Å². The predicted octanol–water partition coefficient (Wildman–Crippen LogP) is 1.41. The number of hydrogen-bond acceptors (Lipinski definition) is 10. The third-order valence-electron chi connectivity index (χ3n) is 4.85. The van der Waals surface area contributed by atoms with Crippen LogP contribution in [0.15, 0.2) is 43.0 Å². The molecule has 5 rings (SSSR count). The third-order valence-corrected chi connectivity index (χ3v) is 6.26. The summed E-state index contributed by atoms with van der Waals surface area (Å²) in [6.07, 6.45) is -0.788. The van der Waals surface area contributed by atoms with Gasteiger partial charge in [-0.15, -0.1) is 0 Å². The summed E-state index contributed by atoms with van der Waals surface area (Å²) in [5, 5.41) is 10.8. The topological polar surface area (TPSA) is 144 Å². The Bertz CT molecular complexity index is 1080. The highest BCUT2D eigenvalue weighted by Crippen LogP contribution is 2.57. The number of nitrogens with two attached hydrogens (primary N) is 1. The van der Waals surface area contributed by atoms with Crippen LogP contribution >= 0.6 is 7.82 Å². The monoisotopic (exact) mass is 419 g/mol. The molecule has 0 radical (unpaired) electrons. The Morgan fingerprint density at radius 2 is 2.10 bits per heavy atom. The lowest BCUT2D eigenvalue weighted by Gasteiger charge is -2.30. The first kappa shape index (κ1) is 18.6. The highest BCUT2D eigenvalue weighted by Gasteiger charge is 2.53. The molecule has 0 saturated carbocycles. The fraction of sp³-hybridized carbons (Fsp3) is 0.353. The summed E-state index contributed by atoms with van der Waals surface area (Å²) in [5.74, 6) is 0.219. The zero-order valence-corrected chi connectivity index (χ0v) is 16.0. The summed E-state index contributed by atoms with van der Waals surface area (Å²) in [4.78, 5) is 12.2. The summed E-state index contributed by atoms with van der Waals surface area (Å²) in [5.41, 5.74) is 7.43. The van der Waals surface area contributed by atoms with Gasteiger partial charge in [0.2, 0.25) is 0 Å². The molecule has 2 aliphatic heterocycles. The van der Waals surface area contributed by atoms with Gasteiger partial charge in [0.1, 0.15) is 30.2 Å². The van der Waals surface area contributed by atoms with E-state index >= 15 is 0 Å². The Kier molecular flexibility index (Phi) is 4.58. The number of anilines is 1. The van der Waals surface area contributed by atoms with Crippen LogP contribution in [0.5, 0.6) is 0 Å². The highest BCUT2D eigenvalue weighted by atomic mass is 31.2. The van der Waals surface area contributed by atoms with E-state index in [-0.39, 0.29) is 19.0 Å². The van der Waals surface area contributed by atoms with Gasteiger partial charge in [0, 0.05) is 0 Å². The molecule has 12 heteroatoms. The van der Waals surface area contributed by atoms with Gasteiger partial charge in [-0.2, -0.15) is 0 Å². The summed E-state index contributed by atoms with van der Waals surface area (Å²) < 4.78 is 36.5. The summed E-state index contributed by atoms with van der Waals surface area (Å²) in [6.45, 7) is 0.00624. The number of fused-ring (bicyclic) bond motifs is 2. The molecule has 11 nitrogen and oxygen atoms in total. The standard InChI is InChI=1S/C17H18N5O6P/c18-15-12-16(20-8-19-15)22(9-21-12)17-13(23)14-11(27-17)7-26-29(24,28-14)25-6-10-4-2-1-3-5-10/h1-5,8-9,11,13-14,17,23H,6-7H2,(H2,18,19,20)/t11-,13-,14-,17-,29-/m1/s1. The molecule has 2 saturated heterocycles. The number of nitrogens with zero attached hydrogens (tertiary/aromatic N) is 4. The molecular weight excluding hydrogens is 401 g/mol. The number of nitrogen functional groups attached to an aromatic ring is 1. The molecule has 4 heterocycles. The fourth-order valence-corrected chi connectivity index (χ4v) is 4.80. The van der Waals surface area contributed by atoms with Crippen LogP contribution < -0.4 is 5.73 Å². The van der Waals surface area contributed by atoms with Gasteiger partial charge in [-0.25, -0.2) is 19.5 Å². The van der Waals surface area contributed by atoms with Crippen LogP contribution in [0.3, 0.4) is 0 Å². The second-order valence-electron chi connectivity index (χ2n) is 6.71. The fourth-order valence-electron chi connectivity index (χ4n) is 3.41. The Labute approximate surface area is 165 Å². The Balaban J connectivity index is 1.34. The minimum absolute atomic E-state index is 0.0476. The predicted molar refractivity (Wildman–Crippen MR) is 99.3 cm³/mol. The Morgan fingerprint density at radius 1 is 1.28 bits per heavy atom. The molecule has 0 spiro atoms. The molecule has 0 bridgehead atoms. The first-order valence-corrected chi connectivity index (χ1v) is 10.4. The van der Waals surface area contributed by atoms with E-state index in [0.29, 0.717) is 11.2 Å². The number of imidazole rings is 1. The van der Waals surface area contributed by atoms with Gasteiger partial charge >= 0.3 is 7.82 Å². The van der Waals surface area contributed by atoms with E-state index in [2.05, 4.69) is 15.0 Å². The quantitative estimate of drug-likeness (QED) is 0.596. The number of hydrogen-bond donors (Lipinski definition) is 2. The van der Waals surface area contributed by atoms with Crippen molar-refractivity contribution in [1.29, 1.82) is 0 Å². The second-order valence-corrected chi connectivity index (χ2v) is 8.33. The molecular formula is C17H18N5O6P. The van der Waals surface area contributed by atoms with Crippen molar-refractivity contribution in [2.75, 3.05) is 12.3 Å². The van der Waals surface area contributed by atoms with Gasteiger partial charge < -0.3 is 15.6 Å². The molecule has 152 valence electrons. The maximum Gasteiger partial charge on any atom is 0.475 e. The van der Waals surface area contributed by atoms with Crippen LogP contribution in [0.2, 0.25) is 0 Å². The molecule has 29 heavy (non-hydrogen) atoms. The van der Waals surface area contributed by atoms with Crippen molar-refractivity contribution in [3.05, 3.63) is 48.5 Å². The van der Waals surface area contributed by atoms with Crippen LogP contribution in [0.1, 0.15) is 11.8 Å². The van der Waals surface area contributed by atoms with Gasteiger partial charge in [-0.3, -0.25) is 18.1 Å². The average molecular weight is 419 g/mol. The zero-order chi connectivity index (χ0) is 20.0. The SMILES string of the molecule is Nc1ncnc2c1ncn2[C@@H]1O[C@@H]2CO[P@@](=O)(OCc3ccccc3)O[C@H]2[C@H]1O. The van der Waals surface area contributed by atoms with Crippen LogP contribution in [0, 0.1) is 0 Å². The van der Waals surface area contributed by atoms with E-state index in [1.54, 1.807) is 0 Å². The lowest BCUT2D eigenvalue weighted by molar-refractivity contribution is -0.0714. The number of phosphoric ester groups is 1. The maximum atomic E-state index is 12.9. The lowest BCUT2D eigenvalue weighted by Crippen LogP contribution is -2.39. The van der Waals surface area contributed by atoms with E-state index in [9.17, 15) is 9.67 Å². The van der Waals surface area contributed by atoms with Crippen molar-refractivity contribution >= 4 is 24.8 Å². The lowest BCUT2D eigenvalue weighted by atomic mass is 10.1. The van der Waals surface area contributed by atoms with Crippen molar-refractivity contribution in [2.24, 2.45) is 0 Å². The molecule has 1 aromatic carbocycles. The molecule has 3 N–H and O–H groups in total. The first-order valence-electron chi connectivity index (χ1n) is 8.92. The summed E-state index contributed by atoms with van der Waals surface area (Å²) in [6, 6.07) is 9.23. The second kappa shape index (κ2) is 7.13. The van der Waals surface area contributed by atoms with Gasteiger partial charge in [-0.05, 0) is 5.56 Å². The van der Waals surface area contributed by atoms with E-state index in [4.69, 9.17) is 24.0 Å². The molecule has 5 atom stereocenters. The molecule has 0 unspecified atom stereocenters. The van der Waals surface area contributed by atoms with Crippen molar-refractivity contribution in [3.63, 3.8) is 0 Å². The molecule has 0 amide bonds. The van der Waals surface area contributed by atoms with E-state index in [1.165, 1.54) is 17.2 Å². The minimum atomic E-state index is -3.86.